The normalized spacial score (nSPS) is 25.2. The number of hydrogen-bond donors (Lipinski definition) is 1. The molecule has 2 rings (SSSR count). The first-order valence-electron chi connectivity index (χ1n) is 6.98. The highest BCUT2D eigenvalue weighted by Crippen LogP contribution is 2.65. The smallest absolute Gasteiger partial charge is 0.122 e. The van der Waals surface area contributed by atoms with Crippen LogP contribution in [0.2, 0.25) is 0 Å². The fraction of sp³-hybridized carbons (Fsp3) is 0.647. The number of rotatable bonds is 3. The SMILES string of the molecule is COc1ccc(C(C)(C)C)cc1C1(CO)CC1(C)C. The monoisotopic (exact) mass is 262 g/mol. The zero-order valence-electron chi connectivity index (χ0n) is 13.0. The summed E-state index contributed by atoms with van der Waals surface area (Å²) >= 11 is 0. The number of aliphatic hydroxyl groups excluding tert-OH is 1. The van der Waals surface area contributed by atoms with Crippen LogP contribution in [-0.2, 0) is 10.8 Å². The van der Waals surface area contributed by atoms with Crippen LogP contribution in [0.1, 0.15) is 52.2 Å². The fourth-order valence-electron chi connectivity index (χ4n) is 3.07. The molecule has 1 unspecified atom stereocenters. The lowest BCUT2D eigenvalue weighted by Crippen LogP contribution is -2.22. The molecule has 0 amide bonds. The van der Waals surface area contributed by atoms with Gasteiger partial charge in [-0.2, -0.15) is 0 Å². The topological polar surface area (TPSA) is 29.5 Å². The van der Waals surface area contributed by atoms with Crippen molar-refractivity contribution in [2.75, 3.05) is 13.7 Å². The number of aliphatic hydroxyl groups is 1. The van der Waals surface area contributed by atoms with Crippen molar-refractivity contribution in [1.82, 2.24) is 0 Å². The quantitative estimate of drug-likeness (QED) is 0.901. The van der Waals surface area contributed by atoms with Gasteiger partial charge in [0.1, 0.15) is 5.75 Å². The summed E-state index contributed by atoms with van der Waals surface area (Å²) in [7, 11) is 1.70. The van der Waals surface area contributed by atoms with Gasteiger partial charge in [-0.15, -0.1) is 0 Å². The Labute approximate surface area is 116 Å². The van der Waals surface area contributed by atoms with E-state index in [9.17, 15) is 5.11 Å². The molecule has 0 spiro atoms. The predicted octanol–water partition coefficient (Wildman–Crippen LogP) is 3.65. The van der Waals surface area contributed by atoms with Gasteiger partial charge in [0.25, 0.3) is 0 Å². The molecule has 19 heavy (non-hydrogen) atoms. The summed E-state index contributed by atoms with van der Waals surface area (Å²) in [5, 5.41) is 9.90. The molecule has 1 saturated carbocycles. The Hall–Kier alpha value is -1.02. The van der Waals surface area contributed by atoms with Crippen LogP contribution in [0.15, 0.2) is 18.2 Å². The number of ether oxygens (including phenoxy) is 1. The minimum absolute atomic E-state index is 0.108. The van der Waals surface area contributed by atoms with Crippen LogP contribution in [0, 0.1) is 5.41 Å². The van der Waals surface area contributed by atoms with Crippen LogP contribution in [0.5, 0.6) is 5.75 Å². The highest BCUT2D eigenvalue weighted by atomic mass is 16.5. The molecular formula is C17H26O2. The molecule has 1 aliphatic rings. The number of hydrogen-bond acceptors (Lipinski definition) is 2. The van der Waals surface area contributed by atoms with Gasteiger partial charge in [-0.1, -0.05) is 46.8 Å². The molecule has 0 heterocycles. The zero-order chi connectivity index (χ0) is 14.5. The van der Waals surface area contributed by atoms with E-state index in [1.54, 1.807) is 7.11 Å². The van der Waals surface area contributed by atoms with E-state index in [2.05, 4.69) is 46.8 Å². The first-order chi connectivity index (χ1) is 8.68. The summed E-state index contributed by atoms with van der Waals surface area (Å²) in [5.74, 6) is 0.896. The summed E-state index contributed by atoms with van der Waals surface area (Å²) in [6.07, 6.45) is 1.01. The molecule has 0 aliphatic heterocycles. The molecule has 0 radical (unpaired) electrons. The first kappa shape index (κ1) is 14.4. The molecule has 0 bridgehead atoms. The van der Waals surface area contributed by atoms with E-state index in [-0.39, 0.29) is 22.9 Å². The van der Waals surface area contributed by atoms with Crippen molar-refractivity contribution in [2.45, 2.75) is 51.9 Å². The summed E-state index contributed by atoms with van der Waals surface area (Å²) < 4.78 is 5.52. The minimum atomic E-state index is -0.139. The summed E-state index contributed by atoms with van der Waals surface area (Å²) in [5.41, 5.74) is 2.57. The molecule has 1 aliphatic carbocycles. The summed E-state index contributed by atoms with van der Waals surface area (Å²) in [6.45, 7) is 11.2. The Kier molecular flexibility index (Phi) is 3.21. The number of methoxy groups -OCH3 is 1. The Morgan fingerprint density at radius 1 is 1.26 bits per heavy atom. The largest absolute Gasteiger partial charge is 0.496 e. The molecule has 1 atom stereocenters. The van der Waals surface area contributed by atoms with Gasteiger partial charge in [0.2, 0.25) is 0 Å². The lowest BCUT2D eigenvalue weighted by molar-refractivity contribution is 0.227. The van der Waals surface area contributed by atoms with Crippen LogP contribution >= 0.6 is 0 Å². The highest BCUT2D eigenvalue weighted by molar-refractivity contribution is 5.49. The molecule has 0 saturated heterocycles. The third kappa shape index (κ3) is 2.16. The highest BCUT2D eigenvalue weighted by Gasteiger charge is 2.62. The van der Waals surface area contributed by atoms with Gasteiger partial charge in [0.05, 0.1) is 13.7 Å². The third-order valence-electron chi connectivity index (χ3n) is 4.77. The van der Waals surface area contributed by atoms with Crippen molar-refractivity contribution in [3.8, 4) is 5.75 Å². The van der Waals surface area contributed by atoms with Gasteiger partial charge in [-0.3, -0.25) is 0 Å². The van der Waals surface area contributed by atoms with E-state index in [1.807, 2.05) is 6.07 Å². The van der Waals surface area contributed by atoms with E-state index >= 15 is 0 Å². The van der Waals surface area contributed by atoms with Crippen molar-refractivity contribution < 1.29 is 9.84 Å². The van der Waals surface area contributed by atoms with Crippen LogP contribution < -0.4 is 4.74 Å². The zero-order valence-corrected chi connectivity index (χ0v) is 13.0. The lowest BCUT2D eigenvalue weighted by atomic mass is 9.81. The molecule has 1 aromatic carbocycles. The van der Waals surface area contributed by atoms with Crippen molar-refractivity contribution in [3.05, 3.63) is 29.3 Å². The van der Waals surface area contributed by atoms with Crippen molar-refractivity contribution in [3.63, 3.8) is 0 Å². The van der Waals surface area contributed by atoms with Crippen molar-refractivity contribution in [2.24, 2.45) is 5.41 Å². The number of benzene rings is 1. The van der Waals surface area contributed by atoms with E-state index in [0.29, 0.717) is 0 Å². The molecule has 1 fully saturated rings. The maximum Gasteiger partial charge on any atom is 0.122 e. The minimum Gasteiger partial charge on any atom is -0.496 e. The lowest BCUT2D eigenvalue weighted by Gasteiger charge is -2.26. The van der Waals surface area contributed by atoms with Crippen LogP contribution in [0.4, 0.5) is 0 Å². The molecule has 2 heteroatoms. The maximum absolute atomic E-state index is 9.90. The van der Waals surface area contributed by atoms with Crippen molar-refractivity contribution in [1.29, 1.82) is 0 Å². The molecule has 1 N–H and O–H groups in total. The van der Waals surface area contributed by atoms with Crippen LogP contribution in [-0.4, -0.2) is 18.8 Å². The third-order valence-corrected chi connectivity index (χ3v) is 4.77. The standard InChI is InChI=1S/C17H26O2/c1-15(2,3)12-7-8-14(19-6)13(9-12)17(11-18)10-16(17,4)5/h7-9,18H,10-11H2,1-6H3. The molecule has 1 aromatic rings. The molecular weight excluding hydrogens is 236 g/mol. The Morgan fingerprint density at radius 3 is 2.21 bits per heavy atom. The molecule has 2 nitrogen and oxygen atoms in total. The second kappa shape index (κ2) is 4.24. The van der Waals surface area contributed by atoms with E-state index < -0.39 is 0 Å². The predicted molar refractivity (Wildman–Crippen MR) is 78.9 cm³/mol. The average Bonchev–Trinajstić information content (AvgIpc) is 2.91. The Morgan fingerprint density at radius 2 is 1.84 bits per heavy atom. The van der Waals surface area contributed by atoms with Crippen LogP contribution in [0.3, 0.4) is 0 Å². The molecule has 106 valence electrons. The van der Waals surface area contributed by atoms with Gasteiger partial charge in [-0.25, -0.2) is 0 Å². The van der Waals surface area contributed by atoms with Gasteiger partial charge in [0.15, 0.2) is 0 Å². The van der Waals surface area contributed by atoms with E-state index in [4.69, 9.17) is 4.74 Å². The second-order valence-corrected chi connectivity index (χ2v) is 7.47. The second-order valence-electron chi connectivity index (χ2n) is 7.47. The first-order valence-corrected chi connectivity index (χ1v) is 6.98. The van der Waals surface area contributed by atoms with Gasteiger partial charge in [-0.05, 0) is 28.9 Å². The van der Waals surface area contributed by atoms with Gasteiger partial charge in [0, 0.05) is 11.0 Å². The van der Waals surface area contributed by atoms with Crippen LogP contribution in [0.25, 0.3) is 0 Å². The maximum atomic E-state index is 9.90. The summed E-state index contributed by atoms with van der Waals surface area (Å²) in [4.78, 5) is 0. The summed E-state index contributed by atoms with van der Waals surface area (Å²) in [6, 6.07) is 6.40. The van der Waals surface area contributed by atoms with Gasteiger partial charge >= 0.3 is 0 Å². The molecule has 0 aromatic heterocycles. The van der Waals surface area contributed by atoms with Gasteiger partial charge < -0.3 is 9.84 Å². The fourth-order valence-corrected chi connectivity index (χ4v) is 3.07. The Balaban J connectivity index is 2.56. The average molecular weight is 262 g/mol. The van der Waals surface area contributed by atoms with E-state index in [0.717, 1.165) is 17.7 Å². The van der Waals surface area contributed by atoms with Crippen molar-refractivity contribution >= 4 is 0 Å². The Bertz CT molecular complexity index is 483. The van der Waals surface area contributed by atoms with E-state index in [1.165, 1.54) is 5.56 Å².